The van der Waals surface area contributed by atoms with E-state index in [2.05, 4.69) is 45.6 Å². The molecule has 4 rings (SSSR count). The summed E-state index contributed by atoms with van der Waals surface area (Å²) in [6, 6.07) is 12.3. The van der Waals surface area contributed by atoms with Crippen LogP contribution < -0.4 is 5.32 Å². The molecular formula is C19H21N7. The average Bonchev–Trinajstić information content (AvgIpc) is 3.28. The van der Waals surface area contributed by atoms with E-state index in [1.807, 2.05) is 34.3 Å². The zero-order valence-corrected chi connectivity index (χ0v) is 14.9. The van der Waals surface area contributed by atoms with E-state index in [4.69, 9.17) is 4.98 Å². The van der Waals surface area contributed by atoms with Gasteiger partial charge in [0, 0.05) is 30.3 Å². The molecule has 0 spiro atoms. The first-order chi connectivity index (χ1) is 12.7. The second-order valence-electron chi connectivity index (χ2n) is 6.28. The first-order valence-electron chi connectivity index (χ1n) is 8.71. The Morgan fingerprint density at radius 1 is 1.12 bits per heavy atom. The number of benzene rings is 1. The lowest BCUT2D eigenvalue weighted by atomic mass is 10.1. The van der Waals surface area contributed by atoms with E-state index in [-0.39, 0.29) is 0 Å². The van der Waals surface area contributed by atoms with Crippen LogP contribution in [0.4, 0.5) is 5.82 Å². The van der Waals surface area contributed by atoms with Gasteiger partial charge < -0.3 is 5.32 Å². The van der Waals surface area contributed by atoms with E-state index in [0.29, 0.717) is 0 Å². The van der Waals surface area contributed by atoms with Crippen molar-refractivity contribution in [3.05, 3.63) is 60.3 Å². The van der Waals surface area contributed by atoms with Crippen molar-refractivity contribution in [2.45, 2.75) is 26.8 Å². The van der Waals surface area contributed by atoms with Gasteiger partial charge in [-0.1, -0.05) is 30.3 Å². The summed E-state index contributed by atoms with van der Waals surface area (Å²) in [5.74, 6) is 0.948. The Labute approximate surface area is 151 Å². The van der Waals surface area contributed by atoms with Gasteiger partial charge in [-0.15, -0.1) is 0 Å². The number of hydrogen-bond donors (Lipinski definition) is 1. The maximum atomic E-state index is 4.83. The molecule has 132 valence electrons. The molecule has 1 N–H and O–H groups in total. The van der Waals surface area contributed by atoms with Crippen molar-refractivity contribution >= 4 is 11.5 Å². The summed E-state index contributed by atoms with van der Waals surface area (Å²) >= 11 is 0. The molecule has 0 aliphatic heterocycles. The van der Waals surface area contributed by atoms with Crippen molar-refractivity contribution in [1.29, 1.82) is 0 Å². The molecule has 3 heterocycles. The van der Waals surface area contributed by atoms with E-state index in [1.54, 1.807) is 12.7 Å². The van der Waals surface area contributed by atoms with Gasteiger partial charge in [0.25, 0.3) is 0 Å². The number of fused-ring (bicyclic) bond motifs is 1. The lowest BCUT2D eigenvalue weighted by molar-refractivity contribution is 0.589. The third-order valence-corrected chi connectivity index (χ3v) is 4.46. The summed E-state index contributed by atoms with van der Waals surface area (Å²) in [5.41, 5.74) is 5.03. The van der Waals surface area contributed by atoms with Gasteiger partial charge in [-0.25, -0.2) is 9.97 Å². The molecule has 0 unspecified atom stereocenters. The molecule has 0 bridgehead atoms. The zero-order valence-electron chi connectivity index (χ0n) is 14.9. The van der Waals surface area contributed by atoms with Crippen molar-refractivity contribution in [3.63, 3.8) is 0 Å². The van der Waals surface area contributed by atoms with Gasteiger partial charge in [0.05, 0.1) is 11.4 Å². The van der Waals surface area contributed by atoms with Crippen molar-refractivity contribution in [2.24, 2.45) is 0 Å². The predicted octanol–water partition coefficient (Wildman–Crippen LogP) is 3.11. The molecule has 1 aromatic carbocycles. The molecule has 0 fully saturated rings. The minimum atomic E-state index is 0.811. The highest BCUT2D eigenvalue weighted by Crippen LogP contribution is 2.24. The Morgan fingerprint density at radius 2 is 1.96 bits per heavy atom. The summed E-state index contributed by atoms with van der Waals surface area (Å²) in [6.45, 7) is 5.71. The first-order valence-corrected chi connectivity index (χ1v) is 8.71. The molecule has 0 saturated carbocycles. The fourth-order valence-corrected chi connectivity index (χ4v) is 2.92. The highest BCUT2D eigenvalue weighted by molar-refractivity contribution is 5.68. The van der Waals surface area contributed by atoms with Crippen molar-refractivity contribution in [3.8, 4) is 11.3 Å². The number of hydrogen-bond acceptors (Lipinski definition) is 5. The first kappa shape index (κ1) is 16.3. The largest absolute Gasteiger partial charge is 0.370 e. The van der Waals surface area contributed by atoms with Crippen LogP contribution in [0.15, 0.2) is 49.1 Å². The summed E-state index contributed by atoms with van der Waals surface area (Å²) < 4.78 is 3.73. The number of nitrogens with one attached hydrogen (secondary N) is 1. The van der Waals surface area contributed by atoms with Gasteiger partial charge in [0.15, 0.2) is 5.65 Å². The smallest absolute Gasteiger partial charge is 0.161 e. The predicted molar refractivity (Wildman–Crippen MR) is 101 cm³/mol. The number of nitrogens with zero attached hydrogens (tertiary/aromatic N) is 6. The van der Waals surface area contributed by atoms with Crippen LogP contribution in [0.25, 0.3) is 16.9 Å². The highest BCUT2D eigenvalue weighted by atomic mass is 15.3. The van der Waals surface area contributed by atoms with E-state index in [9.17, 15) is 0 Å². The van der Waals surface area contributed by atoms with Crippen LogP contribution in [-0.2, 0) is 6.54 Å². The summed E-state index contributed by atoms with van der Waals surface area (Å²) in [6.07, 6.45) is 4.23. The van der Waals surface area contributed by atoms with Gasteiger partial charge in [0.1, 0.15) is 18.5 Å². The van der Waals surface area contributed by atoms with E-state index in [1.165, 1.54) is 0 Å². The third kappa shape index (κ3) is 3.15. The molecule has 26 heavy (non-hydrogen) atoms. The van der Waals surface area contributed by atoms with Gasteiger partial charge in [0.2, 0.25) is 0 Å². The highest BCUT2D eigenvalue weighted by Gasteiger charge is 2.13. The van der Waals surface area contributed by atoms with Gasteiger partial charge in [-0.3, -0.25) is 4.68 Å². The Hall–Kier alpha value is -3.22. The number of anilines is 1. The minimum absolute atomic E-state index is 0.811. The molecule has 3 aromatic heterocycles. The Bertz CT molecular complexity index is 1000. The quantitative estimate of drug-likeness (QED) is 0.543. The van der Waals surface area contributed by atoms with Crippen LogP contribution in [0.1, 0.15) is 17.7 Å². The lowest BCUT2D eigenvalue weighted by Crippen LogP contribution is -2.11. The van der Waals surface area contributed by atoms with Gasteiger partial charge in [-0.2, -0.15) is 14.7 Å². The van der Waals surface area contributed by atoms with Crippen molar-refractivity contribution in [2.75, 3.05) is 11.9 Å². The van der Waals surface area contributed by atoms with E-state index >= 15 is 0 Å². The third-order valence-electron chi connectivity index (χ3n) is 4.46. The maximum absolute atomic E-state index is 4.83. The second kappa shape index (κ2) is 6.95. The normalized spacial score (nSPS) is 11.2. The molecule has 0 aliphatic carbocycles. The van der Waals surface area contributed by atoms with Crippen molar-refractivity contribution in [1.82, 2.24) is 29.4 Å². The Kier molecular flexibility index (Phi) is 4.35. The average molecular weight is 347 g/mol. The van der Waals surface area contributed by atoms with E-state index in [0.717, 1.165) is 53.5 Å². The topological polar surface area (TPSA) is 72.9 Å². The molecule has 0 atom stereocenters. The fourth-order valence-electron chi connectivity index (χ4n) is 2.92. The van der Waals surface area contributed by atoms with Gasteiger partial charge in [-0.05, 0) is 20.3 Å². The summed E-state index contributed by atoms with van der Waals surface area (Å²) in [5, 5.41) is 12.3. The standard InChI is InChI=1S/C19H21N7/c1-14-15(2)24-26-18(21-9-6-10-25-13-20-12-22-25)11-17(23-19(14)26)16-7-4-3-5-8-16/h3-5,7-8,11-13,21H,6,9-10H2,1-2H3. The monoisotopic (exact) mass is 347 g/mol. The molecule has 7 nitrogen and oxygen atoms in total. The van der Waals surface area contributed by atoms with E-state index < -0.39 is 0 Å². The lowest BCUT2D eigenvalue weighted by Gasteiger charge is -2.11. The number of aryl methyl sites for hydroxylation is 3. The minimum Gasteiger partial charge on any atom is -0.370 e. The van der Waals surface area contributed by atoms with Crippen LogP contribution in [-0.4, -0.2) is 35.9 Å². The molecule has 0 aliphatic rings. The number of rotatable bonds is 6. The maximum Gasteiger partial charge on any atom is 0.161 e. The van der Waals surface area contributed by atoms with Crippen LogP contribution in [0.3, 0.4) is 0 Å². The number of aromatic nitrogens is 6. The molecule has 7 heteroatoms. The van der Waals surface area contributed by atoms with Crippen LogP contribution in [0.5, 0.6) is 0 Å². The molecule has 0 saturated heterocycles. The SMILES string of the molecule is Cc1nn2c(NCCCn3cncn3)cc(-c3ccccc3)nc2c1C. The van der Waals surface area contributed by atoms with Gasteiger partial charge >= 0.3 is 0 Å². The molecular weight excluding hydrogens is 326 g/mol. The van der Waals surface area contributed by atoms with Crippen LogP contribution in [0.2, 0.25) is 0 Å². The van der Waals surface area contributed by atoms with Crippen LogP contribution in [0, 0.1) is 13.8 Å². The zero-order chi connectivity index (χ0) is 17.9. The van der Waals surface area contributed by atoms with Crippen LogP contribution >= 0.6 is 0 Å². The Balaban J connectivity index is 1.62. The second-order valence-corrected chi connectivity index (χ2v) is 6.28. The Morgan fingerprint density at radius 3 is 2.73 bits per heavy atom. The molecule has 0 radical (unpaired) electrons. The molecule has 4 aromatic rings. The summed E-state index contributed by atoms with van der Waals surface area (Å²) in [4.78, 5) is 8.80. The summed E-state index contributed by atoms with van der Waals surface area (Å²) in [7, 11) is 0. The molecule has 0 amide bonds. The fraction of sp³-hybridized carbons (Fsp3) is 0.263. The van der Waals surface area contributed by atoms with Crippen molar-refractivity contribution < 1.29 is 0 Å².